The van der Waals surface area contributed by atoms with Gasteiger partial charge in [0.1, 0.15) is 0 Å². The summed E-state index contributed by atoms with van der Waals surface area (Å²) in [7, 11) is 0. The van der Waals surface area contributed by atoms with Crippen LogP contribution in [-0.2, 0) is 0 Å². The molecule has 0 aromatic heterocycles. The Hall–Kier alpha value is -0.300. The minimum Gasteiger partial charge on any atom is -0.0928 e. The summed E-state index contributed by atoms with van der Waals surface area (Å²) < 4.78 is 0. The van der Waals surface area contributed by atoms with E-state index in [0.29, 0.717) is 0 Å². The van der Waals surface area contributed by atoms with Gasteiger partial charge in [0, 0.05) is 5.33 Å². The van der Waals surface area contributed by atoms with Crippen LogP contribution in [-0.4, -0.2) is 5.33 Å². The van der Waals surface area contributed by atoms with Gasteiger partial charge in [0.05, 0.1) is 0 Å². The Morgan fingerprint density at radius 1 is 0.632 bits per heavy atom. The fourth-order valence-corrected chi connectivity index (χ4v) is 2.29. The monoisotopic (exact) mass is 326 g/mol. The summed E-state index contributed by atoms with van der Waals surface area (Å²) in [5.74, 6) is 0. The lowest BCUT2D eigenvalue weighted by molar-refractivity contribution is 0.613. The maximum atomic E-state index is 3.47. The molecule has 0 fully saturated rings. The van der Waals surface area contributed by atoms with E-state index in [9.17, 15) is 0 Å². The van der Waals surface area contributed by atoms with Crippen molar-refractivity contribution in [2.45, 2.75) is 71.1 Å². The topological polar surface area (TPSA) is 0 Å². The maximum absolute atomic E-state index is 3.47. The van der Waals surface area contributed by atoms with E-state index >= 15 is 0 Å². The van der Waals surface area contributed by atoms with E-state index in [1.807, 2.05) is 0 Å². The number of rotatable bonds is 13. The number of hydrogen-bond donors (Lipinski definition) is 0. The van der Waals surface area contributed by atoms with E-state index in [1.165, 1.54) is 44.9 Å². The smallest absolute Gasteiger partial charge is 0.00313 e. The van der Waals surface area contributed by atoms with Crippen molar-refractivity contribution >= 4 is 15.9 Å². The molecule has 0 unspecified atom stereocenters. The normalized spacial score (nSPS) is 12.3. The maximum Gasteiger partial charge on any atom is 0.00313 e. The first-order valence-corrected chi connectivity index (χ1v) is 9.05. The fraction of sp³-hybridized carbons (Fsp3) is 0.667. The lowest BCUT2D eigenvalue weighted by atomic mass is 10.1. The first-order valence-electron chi connectivity index (χ1n) is 7.92. The first kappa shape index (κ1) is 18.7. The molecule has 0 saturated heterocycles. The summed E-state index contributed by atoms with van der Waals surface area (Å²) in [6, 6.07) is 0. The molecule has 0 bridgehead atoms. The molecule has 0 aliphatic carbocycles. The summed E-state index contributed by atoms with van der Waals surface area (Å²) in [5.41, 5.74) is 0. The van der Waals surface area contributed by atoms with Crippen LogP contribution in [0.1, 0.15) is 71.1 Å². The van der Waals surface area contributed by atoms with Crippen LogP contribution in [0.15, 0.2) is 36.5 Å². The van der Waals surface area contributed by atoms with Gasteiger partial charge in [-0.25, -0.2) is 0 Å². The minimum atomic E-state index is 1.08. The van der Waals surface area contributed by atoms with E-state index in [-0.39, 0.29) is 0 Å². The van der Waals surface area contributed by atoms with Gasteiger partial charge in [0.25, 0.3) is 0 Å². The van der Waals surface area contributed by atoms with Gasteiger partial charge in [-0.1, -0.05) is 85.0 Å². The zero-order chi connectivity index (χ0) is 14.0. The molecule has 0 aliphatic rings. The van der Waals surface area contributed by atoms with Crippen LogP contribution in [0.25, 0.3) is 0 Å². The van der Waals surface area contributed by atoms with Gasteiger partial charge in [-0.3, -0.25) is 0 Å². The van der Waals surface area contributed by atoms with Crippen LogP contribution < -0.4 is 0 Å². The Kier molecular flexibility index (Phi) is 17.4. The molecule has 0 rings (SSSR count). The van der Waals surface area contributed by atoms with E-state index in [1.54, 1.807) is 0 Å². The Morgan fingerprint density at radius 3 is 1.79 bits per heavy atom. The van der Waals surface area contributed by atoms with Gasteiger partial charge in [-0.2, -0.15) is 0 Å². The van der Waals surface area contributed by atoms with Crippen molar-refractivity contribution in [2.75, 3.05) is 5.33 Å². The van der Waals surface area contributed by atoms with Crippen LogP contribution >= 0.6 is 15.9 Å². The zero-order valence-corrected chi connectivity index (χ0v) is 14.2. The highest BCUT2D eigenvalue weighted by Gasteiger charge is 1.89. The Bertz CT molecular complexity index is 238. The van der Waals surface area contributed by atoms with E-state index < -0.39 is 0 Å². The van der Waals surface area contributed by atoms with E-state index in [0.717, 1.165) is 24.6 Å². The molecule has 0 aromatic carbocycles. The van der Waals surface area contributed by atoms with E-state index in [2.05, 4.69) is 59.3 Å². The average molecular weight is 327 g/mol. The predicted molar refractivity (Wildman–Crippen MR) is 93.1 cm³/mol. The zero-order valence-electron chi connectivity index (χ0n) is 12.6. The van der Waals surface area contributed by atoms with Crippen LogP contribution in [0, 0.1) is 0 Å². The van der Waals surface area contributed by atoms with Gasteiger partial charge in [0.2, 0.25) is 0 Å². The van der Waals surface area contributed by atoms with Crippen LogP contribution in [0.3, 0.4) is 0 Å². The molecule has 0 N–H and O–H groups in total. The number of allylic oxidation sites excluding steroid dienone is 6. The summed E-state index contributed by atoms with van der Waals surface area (Å²) >= 11 is 3.47. The van der Waals surface area contributed by atoms with Crippen molar-refractivity contribution in [1.29, 1.82) is 0 Å². The molecule has 0 aromatic rings. The minimum absolute atomic E-state index is 1.08. The lowest BCUT2D eigenvalue weighted by Crippen LogP contribution is -1.80. The second-order valence-corrected chi connectivity index (χ2v) is 5.69. The molecule has 0 saturated carbocycles. The lowest BCUT2D eigenvalue weighted by Gasteiger charge is -1.98. The molecule has 0 amide bonds. The van der Waals surface area contributed by atoms with Crippen molar-refractivity contribution in [2.24, 2.45) is 0 Å². The average Bonchev–Trinajstić information content (AvgIpc) is 2.43. The third kappa shape index (κ3) is 17.7. The van der Waals surface area contributed by atoms with Crippen LogP contribution in [0.4, 0.5) is 0 Å². The second-order valence-electron chi connectivity index (χ2n) is 4.89. The molecular weight excluding hydrogens is 296 g/mol. The second kappa shape index (κ2) is 17.7. The van der Waals surface area contributed by atoms with Crippen molar-refractivity contribution in [3.8, 4) is 0 Å². The SMILES string of the molecule is CCC=CCC=CCC=CCCCCCCCCBr. The van der Waals surface area contributed by atoms with Gasteiger partial charge in [0.15, 0.2) is 0 Å². The van der Waals surface area contributed by atoms with Crippen LogP contribution in [0.5, 0.6) is 0 Å². The molecule has 0 heterocycles. The highest BCUT2D eigenvalue weighted by molar-refractivity contribution is 9.09. The Labute approximate surface area is 129 Å². The standard InChI is InChI=1S/C18H31Br/c1-2-3-4-5-6-7-8-9-10-11-12-13-14-15-16-17-18-19/h3-4,6-7,9-10H,2,5,8,11-18H2,1H3. The molecule has 0 spiro atoms. The summed E-state index contributed by atoms with van der Waals surface area (Å²) in [5, 5.41) is 1.16. The Morgan fingerprint density at radius 2 is 1.16 bits per heavy atom. The van der Waals surface area contributed by atoms with Crippen molar-refractivity contribution < 1.29 is 0 Å². The molecular formula is C18H31Br. The summed E-state index contributed by atoms with van der Waals surface area (Å²) in [4.78, 5) is 0. The van der Waals surface area contributed by atoms with Gasteiger partial charge in [-0.05, 0) is 38.5 Å². The third-order valence-electron chi connectivity index (χ3n) is 3.03. The number of unbranched alkanes of at least 4 members (excludes halogenated alkanes) is 6. The Balaban J connectivity index is 3.19. The molecule has 0 atom stereocenters. The fourth-order valence-electron chi connectivity index (χ4n) is 1.89. The molecule has 0 radical (unpaired) electrons. The number of hydrogen-bond acceptors (Lipinski definition) is 0. The van der Waals surface area contributed by atoms with E-state index in [4.69, 9.17) is 0 Å². The van der Waals surface area contributed by atoms with Crippen molar-refractivity contribution in [3.63, 3.8) is 0 Å². The molecule has 1 heteroatoms. The quantitative estimate of drug-likeness (QED) is 0.195. The highest BCUT2D eigenvalue weighted by Crippen LogP contribution is 2.08. The van der Waals surface area contributed by atoms with Gasteiger partial charge in [-0.15, -0.1) is 0 Å². The molecule has 110 valence electrons. The van der Waals surface area contributed by atoms with Crippen molar-refractivity contribution in [3.05, 3.63) is 36.5 Å². The molecule has 0 aliphatic heterocycles. The first-order chi connectivity index (χ1) is 9.41. The van der Waals surface area contributed by atoms with Gasteiger partial charge >= 0.3 is 0 Å². The molecule has 0 nitrogen and oxygen atoms in total. The van der Waals surface area contributed by atoms with Crippen molar-refractivity contribution in [1.82, 2.24) is 0 Å². The van der Waals surface area contributed by atoms with Gasteiger partial charge < -0.3 is 0 Å². The van der Waals surface area contributed by atoms with Crippen LogP contribution in [0.2, 0.25) is 0 Å². The number of alkyl halides is 1. The highest BCUT2D eigenvalue weighted by atomic mass is 79.9. The predicted octanol–water partition coefficient (Wildman–Crippen LogP) is 6.97. The summed E-state index contributed by atoms with van der Waals surface area (Å²) in [6.07, 6.45) is 26.4. The number of halogens is 1. The molecule has 19 heavy (non-hydrogen) atoms. The largest absolute Gasteiger partial charge is 0.0928 e. The third-order valence-corrected chi connectivity index (χ3v) is 3.60. The summed E-state index contributed by atoms with van der Waals surface area (Å²) in [6.45, 7) is 2.17.